The first-order chi connectivity index (χ1) is 19.6. The molecule has 5 rings (SSSR count). The fourth-order valence-electron chi connectivity index (χ4n) is 4.60. The minimum atomic E-state index is -3.80. The molecule has 0 saturated heterocycles. The van der Waals surface area contributed by atoms with E-state index in [1.807, 2.05) is 76.2 Å². The number of aryl methyl sites for hydroxylation is 2. The molecule has 0 unspecified atom stereocenters. The number of nitrogens with zero attached hydrogens (tertiary/aromatic N) is 4. The quantitative estimate of drug-likeness (QED) is 0.191. The fourth-order valence-corrected chi connectivity index (χ4v) is 7.25. The molecule has 0 N–H and O–H groups in total. The summed E-state index contributed by atoms with van der Waals surface area (Å²) in [6.07, 6.45) is 3.42. The minimum absolute atomic E-state index is 0.142. The van der Waals surface area contributed by atoms with Crippen molar-refractivity contribution in [2.75, 3.05) is 4.90 Å². The summed E-state index contributed by atoms with van der Waals surface area (Å²) in [7, 11) is -3.80. The van der Waals surface area contributed by atoms with Gasteiger partial charge in [0.05, 0.1) is 21.7 Å². The molecule has 2 heterocycles. The van der Waals surface area contributed by atoms with E-state index >= 15 is 0 Å². The highest BCUT2D eigenvalue weighted by Gasteiger charge is 2.28. The van der Waals surface area contributed by atoms with Crippen LogP contribution >= 0.6 is 11.3 Å². The molecule has 2 aromatic heterocycles. The number of amides is 1. The number of thiazole rings is 1. The largest absolute Gasteiger partial charge is 0.279 e. The number of carbonyl (C=O) groups is 1. The second kappa shape index (κ2) is 11.9. The van der Waals surface area contributed by atoms with E-state index in [9.17, 15) is 13.2 Å². The molecule has 0 atom stereocenters. The third kappa shape index (κ3) is 6.07. The van der Waals surface area contributed by atoms with Crippen molar-refractivity contribution in [3.05, 3.63) is 119 Å². The van der Waals surface area contributed by atoms with Gasteiger partial charge in [-0.15, -0.1) is 0 Å². The van der Waals surface area contributed by atoms with Crippen molar-refractivity contribution in [2.24, 2.45) is 0 Å². The number of anilines is 1. The van der Waals surface area contributed by atoms with Crippen LogP contribution < -0.4 is 4.90 Å². The first-order valence-corrected chi connectivity index (χ1v) is 15.6. The molecule has 0 saturated carbocycles. The highest BCUT2D eigenvalue weighted by atomic mass is 32.2. The predicted octanol–water partition coefficient (Wildman–Crippen LogP) is 6.75. The topological polar surface area (TPSA) is 83.5 Å². The number of fused-ring (bicyclic) bond motifs is 1. The van der Waals surface area contributed by atoms with Gasteiger partial charge >= 0.3 is 0 Å². The number of carbonyl (C=O) groups excluding carboxylic acids is 1. The van der Waals surface area contributed by atoms with Gasteiger partial charge in [0.25, 0.3) is 5.91 Å². The Kier molecular flexibility index (Phi) is 8.30. The summed E-state index contributed by atoms with van der Waals surface area (Å²) < 4.78 is 29.7. The molecule has 9 heteroatoms. The third-order valence-corrected chi connectivity index (χ3v) is 10.2. The predicted molar refractivity (Wildman–Crippen MR) is 165 cm³/mol. The van der Waals surface area contributed by atoms with Gasteiger partial charge in [-0.2, -0.15) is 4.31 Å². The van der Waals surface area contributed by atoms with Crippen molar-refractivity contribution >= 4 is 42.6 Å². The zero-order valence-electron chi connectivity index (χ0n) is 23.5. The molecule has 0 fully saturated rings. The molecule has 1 amide bonds. The number of aromatic nitrogens is 2. The normalized spacial score (nSPS) is 11.9. The van der Waals surface area contributed by atoms with E-state index in [1.165, 1.54) is 27.8 Å². The van der Waals surface area contributed by atoms with E-state index in [4.69, 9.17) is 4.98 Å². The third-order valence-electron chi connectivity index (χ3n) is 7.08. The van der Waals surface area contributed by atoms with Crippen molar-refractivity contribution < 1.29 is 13.2 Å². The smallest absolute Gasteiger partial charge is 0.260 e. The summed E-state index contributed by atoms with van der Waals surface area (Å²) in [4.78, 5) is 24.8. The van der Waals surface area contributed by atoms with Crippen molar-refractivity contribution in [1.82, 2.24) is 14.3 Å². The van der Waals surface area contributed by atoms with E-state index in [-0.39, 0.29) is 29.9 Å². The van der Waals surface area contributed by atoms with Crippen LogP contribution in [0.1, 0.15) is 46.5 Å². The molecule has 0 aliphatic carbocycles. The zero-order chi connectivity index (χ0) is 29.1. The van der Waals surface area contributed by atoms with Gasteiger partial charge in [-0.1, -0.05) is 53.8 Å². The monoisotopic (exact) mass is 584 g/mol. The zero-order valence-corrected chi connectivity index (χ0v) is 25.1. The highest BCUT2D eigenvalue weighted by Crippen LogP contribution is 2.33. The maximum atomic E-state index is 13.9. The molecule has 3 aromatic carbocycles. The van der Waals surface area contributed by atoms with Crippen LogP contribution in [0, 0.1) is 13.8 Å². The van der Waals surface area contributed by atoms with Crippen LogP contribution in [-0.2, 0) is 23.1 Å². The van der Waals surface area contributed by atoms with Gasteiger partial charge in [-0.25, -0.2) is 13.4 Å². The Hall–Kier alpha value is -3.92. The molecule has 0 bridgehead atoms. The lowest BCUT2D eigenvalue weighted by Gasteiger charge is -2.26. The number of benzene rings is 3. The number of hydrogen-bond acceptors (Lipinski definition) is 6. The Morgan fingerprint density at radius 1 is 0.878 bits per heavy atom. The van der Waals surface area contributed by atoms with Gasteiger partial charge in [-0.3, -0.25) is 14.7 Å². The molecule has 5 aromatic rings. The van der Waals surface area contributed by atoms with Crippen LogP contribution in [0.3, 0.4) is 0 Å². The Bertz CT molecular complexity index is 1770. The number of rotatable bonds is 9. The van der Waals surface area contributed by atoms with Crippen LogP contribution in [-0.4, -0.2) is 34.6 Å². The summed E-state index contributed by atoms with van der Waals surface area (Å²) in [6.45, 7) is 8.33. The Morgan fingerprint density at radius 2 is 1.59 bits per heavy atom. The van der Waals surface area contributed by atoms with Crippen LogP contribution in [0.25, 0.3) is 10.2 Å². The lowest BCUT2D eigenvalue weighted by molar-refractivity contribution is 0.0985. The number of sulfonamides is 1. The average molecular weight is 585 g/mol. The Morgan fingerprint density at radius 3 is 2.24 bits per heavy atom. The van der Waals surface area contributed by atoms with Gasteiger partial charge in [0.1, 0.15) is 0 Å². The number of hydrogen-bond donors (Lipinski definition) is 0. The molecule has 41 heavy (non-hydrogen) atoms. The summed E-state index contributed by atoms with van der Waals surface area (Å²) in [6, 6.07) is 23.3. The Balaban J connectivity index is 1.47. The maximum Gasteiger partial charge on any atom is 0.260 e. The summed E-state index contributed by atoms with van der Waals surface area (Å²) in [5, 5.41) is 0.577. The van der Waals surface area contributed by atoms with E-state index < -0.39 is 10.0 Å². The number of pyridine rings is 1. The van der Waals surface area contributed by atoms with Gasteiger partial charge < -0.3 is 0 Å². The molecular formula is C32H32N4O3S2. The molecular weight excluding hydrogens is 553 g/mol. The van der Waals surface area contributed by atoms with Crippen LogP contribution in [0.5, 0.6) is 0 Å². The van der Waals surface area contributed by atoms with E-state index in [1.54, 1.807) is 29.4 Å². The molecule has 0 radical (unpaired) electrons. The summed E-state index contributed by atoms with van der Waals surface area (Å²) >= 11 is 1.46. The molecule has 0 spiro atoms. The van der Waals surface area contributed by atoms with E-state index in [0.29, 0.717) is 10.7 Å². The van der Waals surface area contributed by atoms with Crippen molar-refractivity contribution in [3.63, 3.8) is 0 Å². The van der Waals surface area contributed by atoms with Crippen molar-refractivity contribution in [1.29, 1.82) is 0 Å². The lowest BCUT2D eigenvalue weighted by atomic mass is 10.1. The molecule has 210 valence electrons. The van der Waals surface area contributed by atoms with E-state index in [2.05, 4.69) is 11.1 Å². The highest BCUT2D eigenvalue weighted by molar-refractivity contribution is 7.89. The second-order valence-electron chi connectivity index (χ2n) is 10.3. The first-order valence-electron chi connectivity index (χ1n) is 13.4. The fraction of sp³-hybridized carbons (Fsp3) is 0.219. The maximum absolute atomic E-state index is 13.9. The van der Waals surface area contributed by atoms with Gasteiger partial charge in [0, 0.05) is 30.5 Å². The SMILES string of the molecule is Cc1ccc2sc(N(Cc3cccnc3)C(=O)c3ccc(S(=O)(=O)N(Cc4ccccc4)C(C)C)cc3)nc2c1C. The summed E-state index contributed by atoms with van der Waals surface area (Å²) in [5.41, 5.74) is 5.24. The molecule has 0 aliphatic heterocycles. The van der Waals surface area contributed by atoms with Gasteiger partial charge in [0.15, 0.2) is 5.13 Å². The van der Waals surface area contributed by atoms with Crippen LogP contribution in [0.15, 0.2) is 96.2 Å². The average Bonchev–Trinajstić information content (AvgIpc) is 3.42. The molecule has 7 nitrogen and oxygen atoms in total. The standard InChI is InChI=1S/C32H32N4O3S2/c1-22(2)36(21-25-9-6-5-7-10-25)41(38,39)28-15-13-27(14-16-28)31(37)35(20-26-11-8-18-33-19-26)32-34-30-24(4)23(3)12-17-29(30)40-32/h5-19,22H,20-21H2,1-4H3. The van der Waals surface area contributed by atoms with E-state index in [0.717, 1.165) is 32.5 Å². The second-order valence-corrected chi connectivity index (χ2v) is 13.2. The van der Waals surface area contributed by atoms with Gasteiger partial charge in [-0.05, 0) is 86.3 Å². The lowest BCUT2D eigenvalue weighted by Crippen LogP contribution is -2.36. The molecule has 0 aliphatic rings. The van der Waals surface area contributed by atoms with Gasteiger partial charge in [0.2, 0.25) is 10.0 Å². The summed E-state index contributed by atoms with van der Waals surface area (Å²) in [5.74, 6) is -0.267. The first kappa shape index (κ1) is 28.6. The Labute approximate surface area is 245 Å². The minimum Gasteiger partial charge on any atom is -0.279 e. The van der Waals surface area contributed by atoms with Crippen molar-refractivity contribution in [2.45, 2.75) is 51.7 Å². The van der Waals surface area contributed by atoms with Crippen LogP contribution in [0.2, 0.25) is 0 Å². The van der Waals surface area contributed by atoms with Crippen molar-refractivity contribution in [3.8, 4) is 0 Å². The van der Waals surface area contributed by atoms with Crippen LogP contribution in [0.4, 0.5) is 5.13 Å².